The van der Waals surface area contributed by atoms with Gasteiger partial charge >= 0.3 is 0 Å². The van der Waals surface area contributed by atoms with E-state index in [2.05, 4.69) is 89.8 Å². The third-order valence-corrected chi connectivity index (χ3v) is 5.87. The fourth-order valence-corrected chi connectivity index (χ4v) is 4.68. The summed E-state index contributed by atoms with van der Waals surface area (Å²) in [6.45, 7) is 1.79. The Kier molecular flexibility index (Phi) is 3.79. The number of anilines is 1. The molecule has 2 aliphatic rings. The minimum absolute atomic E-state index is 0.162. The van der Waals surface area contributed by atoms with Crippen LogP contribution in [0.1, 0.15) is 29.5 Å². The van der Waals surface area contributed by atoms with E-state index in [4.69, 9.17) is 4.74 Å². The molecule has 2 nitrogen and oxygen atoms in total. The monoisotopic (exact) mass is 341 g/mol. The Labute approximate surface area is 155 Å². The van der Waals surface area contributed by atoms with E-state index in [1.165, 1.54) is 22.4 Å². The van der Waals surface area contributed by atoms with Crippen molar-refractivity contribution >= 4 is 5.69 Å². The maximum absolute atomic E-state index is 6.08. The fraction of sp³-hybridized carbons (Fsp3) is 0.250. The largest absolute Gasteiger partial charge is 0.358 e. The molecule has 0 radical (unpaired) electrons. The number of hydrogen-bond acceptors (Lipinski definition) is 2. The Balaban J connectivity index is 1.75. The minimum Gasteiger partial charge on any atom is -0.358 e. The second kappa shape index (κ2) is 6.30. The van der Waals surface area contributed by atoms with Crippen LogP contribution in [0.25, 0.3) is 0 Å². The van der Waals surface area contributed by atoms with E-state index in [0.29, 0.717) is 0 Å². The average Bonchev–Trinajstić information content (AvgIpc) is 3.36. The van der Waals surface area contributed by atoms with Crippen molar-refractivity contribution in [2.45, 2.75) is 24.5 Å². The lowest BCUT2D eigenvalue weighted by atomic mass is 9.71. The normalized spacial score (nSPS) is 20.9. The molecule has 3 aromatic rings. The maximum atomic E-state index is 6.08. The third-order valence-electron chi connectivity index (χ3n) is 5.87. The highest BCUT2D eigenvalue weighted by Crippen LogP contribution is 2.50. The zero-order valence-electron chi connectivity index (χ0n) is 14.8. The number of hydrogen-bond donors (Lipinski definition) is 0. The van der Waals surface area contributed by atoms with Gasteiger partial charge in [-0.2, -0.15) is 0 Å². The summed E-state index contributed by atoms with van der Waals surface area (Å²) in [5.41, 5.74) is 5.23. The molecule has 26 heavy (non-hydrogen) atoms. The SMILES string of the molecule is c1ccc(C2(c3ccccc3)CN(C3CCCO3)c3ccccc32)cc1. The smallest absolute Gasteiger partial charge is 0.130 e. The zero-order chi connectivity index (χ0) is 17.4. The van der Waals surface area contributed by atoms with Gasteiger partial charge in [0.05, 0.1) is 5.41 Å². The summed E-state index contributed by atoms with van der Waals surface area (Å²) in [6, 6.07) is 30.7. The van der Waals surface area contributed by atoms with Crippen LogP contribution in [0.3, 0.4) is 0 Å². The lowest BCUT2D eigenvalue weighted by molar-refractivity contribution is 0.107. The first-order chi connectivity index (χ1) is 12.9. The molecule has 1 saturated heterocycles. The van der Waals surface area contributed by atoms with E-state index in [-0.39, 0.29) is 11.6 Å². The summed E-state index contributed by atoms with van der Waals surface area (Å²) in [4.78, 5) is 2.49. The van der Waals surface area contributed by atoms with Crippen molar-refractivity contribution in [2.75, 3.05) is 18.1 Å². The number of rotatable bonds is 3. The molecular formula is C24H23NO. The van der Waals surface area contributed by atoms with Gasteiger partial charge in [-0.3, -0.25) is 0 Å². The molecule has 0 saturated carbocycles. The van der Waals surface area contributed by atoms with Gasteiger partial charge in [0, 0.05) is 18.8 Å². The van der Waals surface area contributed by atoms with Crippen molar-refractivity contribution in [2.24, 2.45) is 0 Å². The Morgan fingerprint density at radius 1 is 0.769 bits per heavy atom. The van der Waals surface area contributed by atoms with Gasteiger partial charge < -0.3 is 9.64 Å². The van der Waals surface area contributed by atoms with Gasteiger partial charge in [0.2, 0.25) is 0 Å². The molecule has 0 bridgehead atoms. The molecule has 0 spiro atoms. The Hall–Kier alpha value is -2.58. The molecule has 5 rings (SSSR count). The van der Waals surface area contributed by atoms with Gasteiger partial charge in [0.25, 0.3) is 0 Å². The van der Waals surface area contributed by atoms with Crippen molar-refractivity contribution in [1.29, 1.82) is 0 Å². The molecule has 1 fully saturated rings. The summed E-state index contributed by atoms with van der Waals surface area (Å²) in [6.07, 6.45) is 2.44. The second-order valence-electron chi connectivity index (χ2n) is 7.25. The van der Waals surface area contributed by atoms with Crippen molar-refractivity contribution in [3.63, 3.8) is 0 Å². The van der Waals surface area contributed by atoms with E-state index in [1.807, 2.05) is 0 Å². The van der Waals surface area contributed by atoms with Crippen LogP contribution in [0.2, 0.25) is 0 Å². The first-order valence-corrected chi connectivity index (χ1v) is 9.48. The Morgan fingerprint density at radius 2 is 1.38 bits per heavy atom. The highest BCUT2D eigenvalue weighted by Gasteiger charge is 2.47. The third kappa shape index (κ3) is 2.29. The maximum Gasteiger partial charge on any atom is 0.130 e. The van der Waals surface area contributed by atoms with Crippen LogP contribution in [-0.2, 0) is 10.2 Å². The summed E-state index contributed by atoms with van der Waals surface area (Å²) in [5.74, 6) is 0. The van der Waals surface area contributed by atoms with Crippen molar-refractivity contribution in [1.82, 2.24) is 0 Å². The summed E-state index contributed by atoms with van der Waals surface area (Å²) in [5, 5.41) is 0. The molecule has 0 aliphatic carbocycles. The van der Waals surface area contributed by atoms with Gasteiger partial charge in [0.15, 0.2) is 0 Å². The van der Waals surface area contributed by atoms with Crippen LogP contribution in [0, 0.1) is 0 Å². The van der Waals surface area contributed by atoms with E-state index in [9.17, 15) is 0 Å². The topological polar surface area (TPSA) is 12.5 Å². The van der Waals surface area contributed by atoms with Crippen molar-refractivity contribution < 1.29 is 4.74 Å². The number of para-hydroxylation sites is 1. The van der Waals surface area contributed by atoms with Gasteiger partial charge in [-0.05, 0) is 35.6 Å². The first kappa shape index (κ1) is 15.7. The summed E-state index contributed by atoms with van der Waals surface area (Å²) in [7, 11) is 0. The van der Waals surface area contributed by atoms with E-state index >= 15 is 0 Å². The summed E-state index contributed by atoms with van der Waals surface area (Å²) >= 11 is 0. The second-order valence-corrected chi connectivity index (χ2v) is 7.25. The Bertz CT molecular complexity index is 845. The lowest BCUT2D eigenvalue weighted by Crippen LogP contribution is -2.40. The van der Waals surface area contributed by atoms with Crippen molar-refractivity contribution in [3.05, 3.63) is 102 Å². The molecule has 3 aromatic carbocycles. The molecule has 0 aromatic heterocycles. The van der Waals surface area contributed by atoms with Crippen LogP contribution in [0.5, 0.6) is 0 Å². The number of fused-ring (bicyclic) bond motifs is 1. The average molecular weight is 341 g/mol. The minimum atomic E-state index is -0.162. The first-order valence-electron chi connectivity index (χ1n) is 9.48. The molecule has 1 atom stereocenters. The van der Waals surface area contributed by atoms with Crippen LogP contribution in [0.4, 0.5) is 5.69 Å². The number of benzene rings is 3. The standard InChI is InChI=1S/C24H23NO/c1-3-10-19(11-4-1)24(20-12-5-2-6-13-20)18-25(23-16-9-17-26-23)22-15-8-7-14-21(22)24/h1-8,10-15,23H,9,16-18H2. The number of ether oxygens (including phenoxy) is 1. The fourth-order valence-electron chi connectivity index (χ4n) is 4.68. The van der Waals surface area contributed by atoms with Crippen LogP contribution < -0.4 is 4.90 Å². The Morgan fingerprint density at radius 3 is 2.00 bits per heavy atom. The van der Waals surface area contributed by atoms with Crippen LogP contribution >= 0.6 is 0 Å². The molecule has 2 heterocycles. The van der Waals surface area contributed by atoms with Crippen LogP contribution in [-0.4, -0.2) is 19.4 Å². The molecule has 130 valence electrons. The predicted molar refractivity (Wildman–Crippen MR) is 106 cm³/mol. The number of nitrogens with zero attached hydrogens (tertiary/aromatic N) is 1. The van der Waals surface area contributed by atoms with Crippen molar-refractivity contribution in [3.8, 4) is 0 Å². The zero-order valence-corrected chi connectivity index (χ0v) is 14.8. The molecular weight excluding hydrogens is 318 g/mol. The van der Waals surface area contributed by atoms with Gasteiger partial charge in [-0.15, -0.1) is 0 Å². The predicted octanol–water partition coefficient (Wildman–Crippen LogP) is 4.98. The highest BCUT2D eigenvalue weighted by atomic mass is 16.5. The van der Waals surface area contributed by atoms with E-state index in [0.717, 1.165) is 26.0 Å². The molecule has 0 amide bonds. The van der Waals surface area contributed by atoms with E-state index < -0.39 is 0 Å². The van der Waals surface area contributed by atoms with Gasteiger partial charge in [-0.25, -0.2) is 0 Å². The molecule has 1 unspecified atom stereocenters. The molecule has 2 heteroatoms. The quantitative estimate of drug-likeness (QED) is 0.666. The molecule has 0 N–H and O–H groups in total. The lowest BCUT2D eigenvalue weighted by Gasteiger charge is -2.33. The van der Waals surface area contributed by atoms with Crippen LogP contribution in [0.15, 0.2) is 84.9 Å². The van der Waals surface area contributed by atoms with Gasteiger partial charge in [-0.1, -0.05) is 78.9 Å². The van der Waals surface area contributed by atoms with E-state index in [1.54, 1.807) is 0 Å². The van der Waals surface area contributed by atoms with Gasteiger partial charge in [0.1, 0.15) is 6.23 Å². The molecule has 2 aliphatic heterocycles. The highest BCUT2D eigenvalue weighted by molar-refractivity contribution is 5.70. The summed E-state index contributed by atoms with van der Waals surface area (Å²) < 4.78 is 6.08.